The molecule has 1 aliphatic rings. The molecule has 1 fully saturated rings. The molecule has 0 bridgehead atoms. The van der Waals surface area contributed by atoms with Crippen molar-refractivity contribution in [2.45, 2.75) is 19.4 Å². The zero-order chi connectivity index (χ0) is 20.8. The van der Waals surface area contributed by atoms with E-state index in [1.807, 2.05) is 30.3 Å². The highest BCUT2D eigenvalue weighted by atomic mass is 16.6. The molecule has 1 saturated heterocycles. The number of nitrogens with zero attached hydrogens (tertiary/aromatic N) is 2. The first-order chi connectivity index (χ1) is 14.0. The van der Waals surface area contributed by atoms with Crippen LogP contribution >= 0.6 is 0 Å². The van der Waals surface area contributed by atoms with Crippen molar-refractivity contribution in [3.05, 3.63) is 69.8 Å². The summed E-state index contributed by atoms with van der Waals surface area (Å²) in [5, 5.41) is 16.9. The molecule has 0 aromatic heterocycles. The SMILES string of the molecule is CNc1ccc([N+](=O)[O-])cc1C(=O)N1CCC(C(=O)NCc2ccccc2)CC1. The second kappa shape index (κ2) is 9.18. The van der Waals surface area contributed by atoms with Gasteiger partial charge in [0.05, 0.1) is 10.5 Å². The summed E-state index contributed by atoms with van der Waals surface area (Å²) in [6.45, 7) is 1.36. The minimum absolute atomic E-state index is 0.00721. The number of hydrogen-bond donors (Lipinski definition) is 2. The standard InChI is InChI=1S/C21H24N4O4/c1-22-19-8-7-17(25(28)29)13-18(19)21(27)24-11-9-16(10-12-24)20(26)23-14-15-5-3-2-4-6-15/h2-8,13,16,22H,9-12,14H2,1H3,(H,23,26). The molecule has 1 heterocycles. The Morgan fingerprint density at radius 3 is 2.45 bits per heavy atom. The van der Waals surface area contributed by atoms with E-state index in [1.54, 1.807) is 11.9 Å². The first kappa shape index (κ1) is 20.3. The van der Waals surface area contributed by atoms with Crippen molar-refractivity contribution in [1.29, 1.82) is 0 Å². The summed E-state index contributed by atoms with van der Waals surface area (Å²) < 4.78 is 0. The molecule has 2 aromatic rings. The number of carbonyl (C=O) groups is 2. The van der Waals surface area contributed by atoms with E-state index >= 15 is 0 Å². The second-order valence-corrected chi connectivity index (χ2v) is 7.01. The highest BCUT2D eigenvalue weighted by Gasteiger charge is 2.29. The van der Waals surface area contributed by atoms with Crippen molar-refractivity contribution in [1.82, 2.24) is 10.2 Å². The maximum absolute atomic E-state index is 12.9. The second-order valence-electron chi connectivity index (χ2n) is 7.01. The van der Waals surface area contributed by atoms with Crippen molar-refractivity contribution in [2.24, 2.45) is 5.92 Å². The molecule has 0 saturated carbocycles. The van der Waals surface area contributed by atoms with Crippen LogP contribution in [0.1, 0.15) is 28.8 Å². The van der Waals surface area contributed by atoms with Crippen molar-refractivity contribution >= 4 is 23.2 Å². The van der Waals surface area contributed by atoms with Gasteiger partial charge in [0.25, 0.3) is 11.6 Å². The van der Waals surface area contributed by atoms with E-state index in [0.717, 1.165) is 5.56 Å². The molecule has 0 atom stereocenters. The number of nitrogens with one attached hydrogen (secondary N) is 2. The van der Waals surface area contributed by atoms with Gasteiger partial charge in [0.15, 0.2) is 0 Å². The molecule has 0 radical (unpaired) electrons. The molecule has 8 nitrogen and oxygen atoms in total. The number of rotatable bonds is 6. The molecule has 2 aromatic carbocycles. The fourth-order valence-electron chi connectivity index (χ4n) is 3.49. The van der Waals surface area contributed by atoms with Gasteiger partial charge in [-0.25, -0.2) is 0 Å². The molecule has 29 heavy (non-hydrogen) atoms. The lowest BCUT2D eigenvalue weighted by atomic mass is 9.95. The van der Waals surface area contributed by atoms with Gasteiger partial charge in [-0.15, -0.1) is 0 Å². The van der Waals surface area contributed by atoms with Crippen molar-refractivity contribution in [2.75, 3.05) is 25.5 Å². The zero-order valence-electron chi connectivity index (χ0n) is 16.3. The normalized spacial score (nSPS) is 14.3. The Kier molecular flexibility index (Phi) is 6.43. The fourth-order valence-corrected chi connectivity index (χ4v) is 3.49. The first-order valence-corrected chi connectivity index (χ1v) is 9.56. The molecule has 0 spiro atoms. The van der Waals surface area contributed by atoms with Crippen molar-refractivity contribution < 1.29 is 14.5 Å². The van der Waals surface area contributed by atoms with Crippen LogP contribution in [0.25, 0.3) is 0 Å². The Bertz CT molecular complexity index is 893. The van der Waals surface area contributed by atoms with Gasteiger partial charge < -0.3 is 15.5 Å². The van der Waals surface area contributed by atoms with Gasteiger partial charge in [-0.3, -0.25) is 19.7 Å². The van der Waals surface area contributed by atoms with Crippen molar-refractivity contribution in [3.63, 3.8) is 0 Å². The molecular weight excluding hydrogens is 372 g/mol. The Morgan fingerprint density at radius 2 is 1.83 bits per heavy atom. The van der Waals surface area contributed by atoms with Gasteiger partial charge in [-0.05, 0) is 24.5 Å². The summed E-state index contributed by atoms with van der Waals surface area (Å²) in [6, 6.07) is 13.9. The number of nitro groups is 1. The van der Waals surface area contributed by atoms with E-state index in [4.69, 9.17) is 0 Å². The third-order valence-corrected chi connectivity index (χ3v) is 5.18. The van der Waals surface area contributed by atoms with E-state index in [0.29, 0.717) is 38.2 Å². The van der Waals surface area contributed by atoms with E-state index in [-0.39, 0.29) is 29.0 Å². The largest absolute Gasteiger partial charge is 0.387 e. The third-order valence-electron chi connectivity index (χ3n) is 5.18. The molecule has 3 rings (SSSR count). The number of piperidine rings is 1. The smallest absolute Gasteiger partial charge is 0.270 e. The molecule has 2 amide bonds. The quantitative estimate of drug-likeness (QED) is 0.577. The Hall–Kier alpha value is -3.42. The summed E-state index contributed by atoms with van der Waals surface area (Å²) >= 11 is 0. The van der Waals surface area contributed by atoms with Crippen LogP contribution < -0.4 is 10.6 Å². The molecule has 0 unspecified atom stereocenters. The number of likely N-dealkylation sites (tertiary alicyclic amines) is 1. The van der Waals surface area contributed by atoms with Gasteiger partial charge >= 0.3 is 0 Å². The summed E-state index contributed by atoms with van der Waals surface area (Å²) in [5.74, 6) is -0.412. The van der Waals surface area contributed by atoms with E-state index in [2.05, 4.69) is 10.6 Å². The van der Waals surface area contributed by atoms with Gasteiger partial charge in [0.2, 0.25) is 5.91 Å². The zero-order valence-corrected chi connectivity index (χ0v) is 16.3. The molecule has 8 heteroatoms. The number of nitro benzene ring substituents is 1. The number of benzene rings is 2. The minimum atomic E-state index is -0.514. The molecule has 1 aliphatic heterocycles. The van der Waals surface area contributed by atoms with E-state index < -0.39 is 4.92 Å². The summed E-state index contributed by atoms with van der Waals surface area (Å²) in [5.41, 5.74) is 1.73. The third kappa shape index (κ3) is 4.90. The highest BCUT2D eigenvalue weighted by Crippen LogP contribution is 2.26. The van der Waals surface area contributed by atoms with Crippen LogP contribution in [-0.4, -0.2) is 41.8 Å². The number of carbonyl (C=O) groups excluding carboxylic acids is 2. The van der Waals surface area contributed by atoms with Crippen LogP contribution in [0.5, 0.6) is 0 Å². The Balaban J connectivity index is 1.59. The lowest BCUT2D eigenvalue weighted by molar-refractivity contribution is -0.384. The van der Waals surface area contributed by atoms with Gasteiger partial charge in [0.1, 0.15) is 0 Å². The van der Waals surface area contributed by atoms with E-state index in [9.17, 15) is 19.7 Å². The van der Waals surface area contributed by atoms with Gasteiger partial charge in [0, 0.05) is 50.4 Å². The summed E-state index contributed by atoms with van der Waals surface area (Å²) in [4.78, 5) is 37.5. The predicted octanol–water partition coefficient (Wildman–Crippen LogP) is 2.81. The molecule has 0 aliphatic carbocycles. The van der Waals surface area contributed by atoms with Gasteiger partial charge in [-0.2, -0.15) is 0 Å². The molecule has 2 N–H and O–H groups in total. The Labute approximate surface area is 169 Å². The topological polar surface area (TPSA) is 105 Å². The lowest BCUT2D eigenvalue weighted by Gasteiger charge is -2.31. The lowest BCUT2D eigenvalue weighted by Crippen LogP contribution is -2.43. The molecular formula is C21H24N4O4. The minimum Gasteiger partial charge on any atom is -0.387 e. The highest BCUT2D eigenvalue weighted by molar-refractivity contribution is 6.00. The number of non-ortho nitro benzene ring substituents is 1. The van der Waals surface area contributed by atoms with Crippen LogP contribution in [0, 0.1) is 16.0 Å². The van der Waals surface area contributed by atoms with Crippen LogP contribution in [0.4, 0.5) is 11.4 Å². The summed E-state index contributed by atoms with van der Waals surface area (Å²) in [7, 11) is 1.67. The van der Waals surface area contributed by atoms with Crippen LogP contribution in [-0.2, 0) is 11.3 Å². The van der Waals surface area contributed by atoms with Crippen LogP contribution in [0.15, 0.2) is 48.5 Å². The van der Waals surface area contributed by atoms with Crippen LogP contribution in [0.3, 0.4) is 0 Å². The Morgan fingerprint density at radius 1 is 1.14 bits per heavy atom. The number of anilines is 1. The van der Waals surface area contributed by atoms with Crippen LogP contribution in [0.2, 0.25) is 0 Å². The van der Waals surface area contributed by atoms with E-state index in [1.165, 1.54) is 18.2 Å². The average Bonchev–Trinajstić information content (AvgIpc) is 2.77. The van der Waals surface area contributed by atoms with Crippen molar-refractivity contribution in [3.8, 4) is 0 Å². The average molecular weight is 396 g/mol. The maximum Gasteiger partial charge on any atom is 0.270 e. The van der Waals surface area contributed by atoms with Gasteiger partial charge in [-0.1, -0.05) is 30.3 Å². The number of hydrogen-bond acceptors (Lipinski definition) is 5. The summed E-state index contributed by atoms with van der Waals surface area (Å²) in [6.07, 6.45) is 1.13. The maximum atomic E-state index is 12.9. The number of amides is 2. The monoisotopic (exact) mass is 396 g/mol. The first-order valence-electron chi connectivity index (χ1n) is 9.56. The molecule has 152 valence electrons. The fraction of sp³-hybridized carbons (Fsp3) is 0.333. The predicted molar refractivity (Wildman–Crippen MR) is 110 cm³/mol.